The summed E-state index contributed by atoms with van der Waals surface area (Å²) in [4.78, 5) is 14.8. The van der Waals surface area contributed by atoms with Crippen LogP contribution < -0.4 is 9.64 Å². The zero-order chi connectivity index (χ0) is 15.4. The Kier molecular flexibility index (Phi) is 4.43. The van der Waals surface area contributed by atoms with E-state index < -0.39 is 6.67 Å². The highest BCUT2D eigenvalue weighted by Gasteiger charge is 2.18. The molecule has 1 aliphatic rings. The minimum atomic E-state index is -0.734. The standard InChI is InChI=1S/C15H17FN4O2/c1-21-12-5-3-2-4-11(12)14-17-13(10-16)18-15(19-14)20-6-8-22-9-7-20/h2-5H,6-10H2,1H3. The summed E-state index contributed by atoms with van der Waals surface area (Å²) >= 11 is 0. The van der Waals surface area contributed by atoms with Crippen LogP contribution in [0.15, 0.2) is 24.3 Å². The quantitative estimate of drug-likeness (QED) is 0.859. The van der Waals surface area contributed by atoms with Crippen molar-refractivity contribution in [2.45, 2.75) is 6.67 Å². The van der Waals surface area contributed by atoms with E-state index in [9.17, 15) is 4.39 Å². The molecular formula is C15H17FN4O2. The number of para-hydroxylation sites is 1. The van der Waals surface area contributed by atoms with Gasteiger partial charge in [0.25, 0.3) is 0 Å². The zero-order valence-corrected chi connectivity index (χ0v) is 12.3. The number of alkyl halides is 1. The monoisotopic (exact) mass is 304 g/mol. The van der Waals surface area contributed by atoms with Crippen molar-refractivity contribution < 1.29 is 13.9 Å². The second-order valence-corrected chi connectivity index (χ2v) is 4.81. The largest absolute Gasteiger partial charge is 0.496 e. The molecule has 1 aromatic heterocycles. The van der Waals surface area contributed by atoms with Gasteiger partial charge < -0.3 is 14.4 Å². The van der Waals surface area contributed by atoms with Crippen molar-refractivity contribution in [1.82, 2.24) is 15.0 Å². The molecule has 2 heterocycles. The average Bonchev–Trinajstić information content (AvgIpc) is 2.62. The van der Waals surface area contributed by atoms with Gasteiger partial charge in [-0.25, -0.2) is 9.37 Å². The van der Waals surface area contributed by atoms with Crippen molar-refractivity contribution in [2.24, 2.45) is 0 Å². The fourth-order valence-electron chi connectivity index (χ4n) is 2.32. The van der Waals surface area contributed by atoms with Crippen molar-refractivity contribution >= 4 is 5.95 Å². The molecular weight excluding hydrogens is 287 g/mol. The zero-order valence-electron chi connectivity index (χ0n) is 12.3. The molecule has 0 atom stereocenters. The maximum Gasteiger partial charge on any atom is 0.229 e. The predicted molar refractivity (Wildman–Crippen MR) is 79.7 cm³/mol. The molecule has 1 saturated heterocycles. The van der Waals surface area contributed by atoms with Crippen LogP contribution in [0.5, 0.6) is 5.75 Å². The normalized spacial score (nSPS) is 14.9. The lowest BCUT2D eigenvalue weighted by Crippen LogP contribution is -2.37. The SMILES string of the molecule is COc1ccccc1-c1nc(CF)nc(N2CCOCC2)n1. The maximum atomic E-state index is 13.1. The van der Waals surface area contributed by atoms with Crippen LogP contribution in [0.4, 0.5) is 10.3 Å². The highest BCUT2D eigenvalue weighted by molar-refractivity contribution is 5.64. The average molecular weight is 304 g/mol. The van der Waals surface area contributed by atoms with Crippen LogP contribution in [-0.4, -0.2) is 48.4 Å². The lowest BCUT2D eigenvalue weighted by atomic mass is 10.2. The fourth-order valence-corrected chi connectivity index (χ4v) is 2.32. The molecule has 3 rings (SSSR count). The Morgan fingerprint density at radius 2 is 1.95 bits per heavy atom. The first-order valence-corrected chi connectivity index (χ1v) is 7.09. The highest BCUT2D eigenvalue weighted by Crippen LogP contribution is 2.28. The second kappa shape index (κ2) is 6.65. The number of ether oxygens (including phenoxy) is 2. The van der Waals surface area contributed by atoms with Gasteiger partial charge in [0.15, 0.2) is 11.6 Å². The minimum absolute atomic E-state index is 0.123. The molecule has 6 nitrogen and oxygen atoms in total. The van der Waals surface area contributed by atoms with E-state index in [1.54, 1.807) is 7.11 Å². The van der Waals surface area contributed by atoms with Gasteiger partial charge in [0.05, 0.1) is 25.9 Å². The summed E-state index contributed by atoms with van der Waals surface area (Å²) < 4.78 is 23.8. The van der Waals surface area contributed by atoms with E-state index in [-0.39, 0.29) is 5.82 Å². The summed E-state index contributed by atoms with van der Waals surface area (Å²) in [6, 6.07) is 7.40. The van der Waals surface area contributed by atoms with E-state index in [2.05, 4.69) is 15.0 Å². The van der Waals surface area contributed by atoms with Gasteiger partial charge in [-0.05, 0) is 12.1 Å². The molecule has 0 N–H and O–H groups in total. The van der Waals surface area contributed by atoms with E-state index in [0.717, 1.165) is 5.56 Å². The first-order chi connectivity index (χ1) is 10.8. The first-order valence-electron chi connectivity index (χ1n) is 7.09. The summed E-state index contributed by atoms with van der Waals surface area (Å²) in [5.74, 6) is 1.66. The van der Waals surface area contributed by atoms with Gasteiger partial charge in [0.1, 0.15) is 12.4 Å². The topological polar surface area (TPSA) is 60.4 Å². The number of halogens is 1. The predicted octanol–water partition coefficient (Wildman–Crippen LogP) is 1.85. The Morgan fingerprint density at radius 3 is 2.68 bits per heavy atom. The van der Waals surface area contributed by atoms with Crippen molar-refractivity contribution in [3.05, 3.63) is 30.1 Å². The van der Waals surface area contributed by atoms with E-state index in [0.29, 0.717) is 43.8 Å². The Morgan fingerprint density at radius 1 is 1.18 bits per heavy atom. The van der Waals surface area contributed by atoms with Gasteiger partial charge in [-0.1, -0.05) is 12.1 Å². The van der Waals surface area contributed by atoms with Gasteiger partial charge in [-0.15, -0.1) is 0 Å². The number of nitrogens with zero attached hydrogens (tertiary/aromatic N) is 4. The molecule has 0 unspecified atom stereocenters. The number of hydrogen-bond acceptors (Lipinski definition) is 6. The van der Waals surface area contributed by atoms with E-state index in [1.165, 1.54) is 0 Å². The molecule has 116 valence electrons. The first kappa shape index (κ1) is 14.6. The molecule has 0 bridgehead atoms. The number of rotatable bonds is 4. The van der Waals surface area contributed by atoms with Crippen LogP contribution in [0.3, 0.4) is 0 Å². The molecule has 0 radical (unpaired) electrons. The summed E-state index contributed by atoms with van der Waals surface area (Å²) in [6.45, 7) is 1.85. The maximum absolute atomic E-state index is 13.1. The number of hydrogen-bond donors (Lipinski definition) is 0. The van der Waals surface area contributed by atoms with E-state index >= 15 is 0 Å². The Balaban J connectivity index is 2.03. The number of benzene rings is 1. The lowest BCUT2D eigenvalue weighted by molar-refractivity contribution is 0.122. The molecule has 22 heavy (non-hydrogen) atoms. The third-order valence-electron chi connectivity index (χ3n) is 3.43. The molecule has 1 aliphatic heterocycles. The van der Waals surface area contributed by atoms with Crippen molar-refractivity contribution in [3.63, 3.8) is 0 Å². The molecule has 7 heteroatoms. The number of morpholine rings is 1. The van der Waals surface area contributed by atoms with Crippen LogP contribution in [-0.2, 0) is 11.4 Å². The molecule has 0 spiro atoms. The van der Waals surface area contributed by atoms with Gasteiger partial charge in [0.2, 0.25) is 5.95 Å². The van der Waals surface area contributed by atoms with Gasteiger partial charge in [-0.2, -0.15) is 9.97 Å². The third-order valence-corrected chi connectivity index (χ3v) is 3.43. The second-order valence-electron chi connectivity index (χ2n) is 4.81. The van der Waals surface area contributed by atoms with E-state index in [1.807, 2.05) is 29.2 Å². The van der Waals surface area contributed by atoms with Crippen LogP contribution >= 0.6 is 0 Å². The van der Waals surface area contributed by atoms with Crippen molar-refractivity contribution in [1.29, 1.82) is 0 Å². The molecule has 0 aliphatic carbocycles. The molecule has 1 fully saturated rings. The molecule has 1 aromatic carbocycles. The van der Waals surface area contributed by atoms with Crippen LogP contribution in [0.25, 0.3) is 11.4 Å². The fraction of sp³-hybridized carbons (Fsp3) is 0.400. The Hall–Kier alpha value is -2.28. The molecule has 0 amide bonds. The molecule has 0 saturated carbocycles. The lowest BCUT2D eigenvalue weighted by Gasteiger charge is -2.27. The van der Waals surface area contributed by atoms with Crippen molar-refractivity contribution in [3.8, 4) is 17.1 Å². The smallest absolute Gasteiger partial charge is 0.229 e. The number of methoxy groups -OCH3 is 1. The molecule has 2 aromatic rings. The Bertz CT molecular complexity index is 647. The number of aromatic nitrogens is 3. The van der Waals surface area contributed by atoms with E-state index in [4.69, 9.17) is 9.47 Å². The van der Waals surface area contributed by atoms with Gasteiger partial charge >= 0.3 is 0 Å². The third kappa shape index (κ3) is 2.99. The van der Waals surface area contributed by atoms with Crippen LogP contribution in [0, 0.1) is 0 Å². The summed E-state index contributed by atoms with van der Waals surface area (Å²) in [5, 5.41) is 0. The summed E-state index contributed by atoms with van der Waals surface area (Å²) in [7, 11) is 1.58. The van der Waals surface area contributed by atoms with Gasteiger partial charge in [0, 0.05) is 13.1 Å². The van der Waals surface area contributed by atoms with Crippen LogP contribution in [0.1, 0.15) is 5.82 Å². The minimum Gasteiger partial charge on any atom is -0.496 e. The summed E-state index contributed by atoms with van der Waals surface area (Å²) in [5.41, 5.74) is 0.719. The van der Waals surface area contributed by atoms with Gasteiger partial charge in [-0.3, -0.25) is 0 Å². The van der Waals surface area contributed by atoms with Crippen LogP contribution in [0.2, 0.25) is 0 Å². The Labute approximate surface area is 127 Å². The number of anilines is 1. The van der Waals surface area contributed by atoms with Crippen molar-refractivity contribution in [2.75, 3.05) is 38.3 Å². The summed E-state index contributed by atoms with van der Waals surface area (Å²) in [6.07, 6.45) is 0. The highest BCUT2D eigenvalue weighted by atomic mass is 19.1.